The molecule has 0 amide bonds. The summed E-state index contributed by atoms with van der Waals surface area (Å²) in [6.07, 6.45) is 6.53. The van der Waals surface area contributed by atoms with Gasteiger partial charge in [0.05, 0.1) is 32.3 Å². The molecule has 6 nitrogen and oxygen atoms in total. The minimum atomic E-state index is 0. The first-order valence-electron chi connectivity index (χ1n) is 11.7. The Balaban J connectivity index is 0.00000259. The number of piperidine rings is 1. The molecule has 0 saturated carbocycles. The lowest BCUT2D eigenvalue weighted by Gasteiger charge is -2.29. The van der Waals surface area contributed by atoms with E-state index in [1.54, 1.807) is 12.0 Å². The maximum absolute atomic E-state index is 13.1. The van der Waals surface area contributed by atoms with E-state index in [-0.39, 0.29) is 18.0 Å². The molecular weight excluding hydrogens is 436 g/mol. The van der Waals surface area contributed by atoms with E-state index in [1.807, 2.05) is 39.4 Å². The van der Waals surface area contributed by atoms with Crippen molar-refractivity contribution in [2.45, 2.75) is 38.1 Å². The van der Waals surface area contributed by atoms with Crippen molar-refractivity contribution in [2.75, 3.05) is 26.7 Å². The molecule has 4 heterocycles. The zero-order chi connectivity index (χ0) is 21.9. The fourth-order valence-corrected chi connectivity index (χ4v) is 5.11. The number of nitrogens with zero attached hydrogens (tertiary/aromatic N) is 3. The van der Waals surface area contributed by atoms with Gasteiger partial charge in [-0.3, -0.25) is 9.20 Å². The first-order valence-corrected chi connectivity index (χ1v) is 11.7. The number of pyridine rings is 1. The summed E-state index contributed by atoms with van der Waals surface area (Å²) in [7, 11) is 1.61. The highest BCUT2D eigenvalue weighted by Crippen LogP contribution is 2.23. The smallest absolute Gasteiger partial charge is 0.275 e. The van der Waals surface area contributed by atoms with E-state index < -0.39 is 0 Å². The molecule has 1 aliphatic heterocycles. The molecule has 1 saturated heterocycles. The van der Waals surface area contributed by atoms with E-state index in [0.29, 0.717) is 23.9 Å². The van der Waals surface area contributed by atoms with Crippen LogP contribution in [-0.4, -0.2) is 40.7 Å². The van der Waals surface area contributed by atoms with Gasteiger partial charge in [-0.2, -0.15) is 4.98 Å². The Labute approximate surface area is 200 Å². The van der Waals surface area contributed by atoms with Gasteiger partial charge in [0.25, 0.3) is 5.56 Å². The van der Waals surface area contributed by atoms with Crippen LogP contribution in [-0.2, 0) is 6.54 Å². The monoisotopic (exact) mass is 466 g/mol. The molecule has 174 valence electrons. The van der Waals surface area contributed by atoms with Crippen LogP contribution in [0.3, 0.4) is 0 Å². The summed E-state index contributed by atoms with van der Waals surface area (Å²) < 4.78 is 9.05. The molecule has 0 unspecified atom stereocenters. The molecule has 1 N–H and O–H groups in total. The lowest BCUT2D eigenvalue weighted by atomic mass is 9.89. The van der Waals surface area contributed by atoms with Gasteiger partial charge in [-0.25, -0.2) is 0 Å². The summed E-state index contributed by atoms with van der Waals surface area (Å²) in [6, 6.07) is 18.5. The van der Waals surface area contributed by atoms with Crippen molar-refractivity contribution < 1.29 is 22.0 Å². The number of likely N-dealkylation sites (tertiary alicyclic amines) is 1. The number of nitrogens with one attached hydrogen (secondary N) is 1. The minimum absolute atomic E-state index is 0. The van der Waals surface area contributed by atoms with E-state index >= 15 is 0 Å². The number of aromatic nitrogens is 3. The average molecular weight is 467 g/mol. The highest BCUT2D eigenvalue weighted by molar-refractivity contribution is 5.75. The Kier molecular flexibility index (Phi) is 7.36. The molecule has 0 spiro atoms. The molecule has 7 heteroatoms. The number of hydrogen-bond acceptors (Lipinski definition) is 3. The van der Waals surface area contributed by atoms with Crippen LogP contribution in [0.4, 0.5) is 0 Å². The third-order valence-corrected chi connectivity index (χ3v) is 6.90. The standard InChI is InChI=1S/C26H30N4O2.ClH/c1-32-24-12-11-22-25(27-24)29-17-7-10-23(29)26(31)30(22)16-6-5-15-28-18-13-21(14-19-28)20-8-3-2-4-9-20;/h2-4,7-12,17,21H,5-6,13-16,18-19H2,1H3;1H. The second-order valence-corrected chi connectivity index (χ2v) is 8.81. The van der Waals surface area contributed by atoms with Crippen molar-refractivity contribution in [1.82, 2.24) is 14.0 Å². The molecule has 4 aromatic rings. The van der Waals surface area contributed by atoms with Gasteiger partial charge >= 0.3 is 0 Å². The number of quaternary nitrogens is 1. The molecule has 0 atom stereocenters. The highest BCUT2D eigenvalue weighted by Gasteiger charge is 2.22. The second-order valence-electron chi connectivity index (χ2n) is 8.81. The molecule has 1 aromatic carbocycles. The van der Waals surface area contributed by atoms with Crippen LogP contribution >= 0.6 is 0 Å². The number of rotatable bonds is 7. The summed E-state index contributed by atoms with van der Waals surface area (Å²) in [6.45, 7) is 4.36. The van der Waals surface area contributed by atoms with Crippen LogP contribution in [0.25, 0.3) is 16.7 Å². The van der Waals surface area contributed by atoms with E-state index in [0.717, 1.165) is 24.0 Å². The maximum Gasteiger partial charge on any atom is 0.275 e. The largest absolute Gasteiger partial charge is 1.00 e. The van der Waals surface area contributed by atoms with Crippen molar-refractivity contribution in [1.29, 1.82) is 0 Å². The topological polar surface area (TPSA) is 53.0 Å². The Morgan fingerprint density at radius 2 is 1.79 bits per heavy atom. The number of hydrogen-bond donors (Lipinski definition) is 1. The van der Waals surface area contributed by atoms with Crippen LogP contribution < -0.4 is 27.6 Å². The molecule has 5 rings (SSSR count). The minimum Gasteiger partial charge on any atom is -1.00 e. The zero-order valence-electron chi connectivity index (χ0n) is 19.0. The molecule has 0 radical (unpaired) electrons. The van der Waals surface area contributed by atoms with Crippen molar-refractivity contribution in [3.63, 3.8) is 0 Å². The van der Waals surface area contributed by atoms with Gasteiger partial charge in [0.1, 0.15) is 5.52 Å². The predicted octanol–water partition coefficient (Wildman–Crippen LogP) is -0.0955. The van der Waals surface area contributed by atoms with Crippen molar-refractivity contribution in [3.8, 4) is 5.88 Å². The summed E-state index contributed by atoms with van der Waals surface area (Å²) in [5.74, 6) is 1.27. The van der Waals surface area contributed by atoms with Crippen LogP contribution in [0.1, 0.15) is 37.2 Å². The van der Waals surface area contributed by atoms with Crippen LogP contribution in [0.5, 0.6) is 5.88 Å². The van der Waals surface area contributed by atoms with E-state index in [4.69, 9.17) is 4.74 Å². The predicted molar refractivity (Wildman–Crippen MR) is 127 cm³/mol. The Morgan fingerprint density at radius 1 is 1.00 bits per heavy atom. The number of fused-ring (bicyclic) bond motifs is 3. The fourth-order valence-electron chi connectivity index (χ4n) is 5.11. The number of benzene rings is 1. The summed E-state index contributed by atoms with van der Waals surface area (Å²) in [5, 5.41) is 0. The Morgan fingerprint density at radius 3 is 2.55 bits per heavy atom. The molecule has 0 aliphatic carbocycles. The van der Waals surface area contributed by atoms with Gasteiger partial charge in [0.2, 0.25) is 5.88 Å². The van der Waals surface area contributed by atoms with E-state index in [1.165, 1.54) is 38.0 Å². The van der Waals surface area contributed by atoms with Gasteiger partial charge in [-0.1, -0.05) is 30.3 Å². The van der Waals surface area contributed by atoms with Crippen LogP contribution in [0, 0.1) is 0 Å². The van der Waals surface area contributed by atoms with Gasteiger partial charge < -0.3 is 26.6 Å². The third kappa shape index (κ3) is 4.77. The summed E-state index contributed by atoms with van der Waals surface area (Å²) >= 11 is 0. The molecule has 1 fully saturated rings. The molecule has 1 aliphatic rings. The first-order chi connectivity index (χ1) is 15.7. The quantitative estimate of drug-likeness (QED) is 0.387. The van der Waals surface area contributed by atoms with Crippen LogP contribution in [0.2, 0.25) is 0 Å². The number of aryl methyl sites for hydroxylation is 1. The average Bonchev–Trinajstić information content (AvgIpc) is 3.35. The SMILES string of the molecule is COc1ccc2c(n1)n1cccc1c(=O)n2CCCC[NH+]1CCC(c2ccccc2)CC1.[Cl-]. The first kappa shape index (κ1) is 23.3. The van der Waals surface area contributed by atoms with E-state index in [9.17, 15) is 4.79 Å². The summed E-state index contributed by atoms with van der Waals surface area (Å²) in [5.41, 5.74) is 3.81. The van der Waals surface area contributed by atoms with Gasteiger partial charge in [0.15, 0.2) is 5.65 Å². The normalized spacial score (nSPS) is 18.3. The third-order valence-electron chi connectivity index (χ3n) is 6.90. The Bertz CT molecular complexity index is 1260. The highest BCUT2D eigenvalue weighted by atomic mass is 35.5. The zero-order valence-corrected chi connectivity index (χ0v) is 19.8. The lowest BCUT2D eigenvalue weighted by Crippen LogP contribution is -3.13. The lowest BCUT2D eigenvalue weighted by molar-refractivity contribution is -0.905. The van der Waals surface area contributed by atoms with Crippen LogP contribution in [0.15, 0.2) is 65.6 Å². The Hall–Kier alpha value is -2.83. The van der Waals surface area contributed by atoms with Gasteiger partial charge in [-0.05, 0) is 42.5 Å². The fraction of sp³-hybridized carbons (Fsp3) is 0.385. The summed E-state index contributed by atoms with van der Waals surface area (Å²) in [4.78, 5) is 19.4. The van der Waals surface area contributed by atoms with E-state index in [2.05, 4.69) is 35.3 Å². The second kappa shape index (κ2) is 10.4. The van der Waals surface area contributed by atoms with Crippen molar-refractivity contribution >= 4 is 16.7 Å². The number of unbranched alkanes of at least 4 members (excludes halogenated alkanes) is 1. The molecule has 33 heavy (non-hydrogen) atoms. The number of halogens is 1. The molecular formula is C26H31ClN4O2. The van der Waals surface area contributed by atoms with Gasteiger partial charge in [0, 0.05) is 31.6 Å². The number of ether oxygens (including phenoxy) is 1. The number of methoxy groups -OCH3 is 1. The van der Waals surface area contributed by atoms with Gasteiger partial charge in [-0.15, -0.1) is 0 Å². The van der Waals surface area contributed by atoms with Crippen molar-refractivity contribution in [3.05, 3.63) is 76.7 Å². The molecule has 3 aromatic heterocycles. The van der Waals surface area contributed by atoms with Crippen molar-refractivity contribution in [2.24, 2.45) is 0 Å². The molecule has 0 bridgehead atoms. The maximum atomic E-state index is 13.1.